The van der Waals surface area contributed by atoms with Crippen molar-refractivity contribution in [2.75, 3.05) is 6.61 Å². The van der Waals surface area contributed by atoms with E-state index in [9.17, 15) is 19.2 Å². The van der Waals surface area contributed by atoms with Gasteiger partial charge in [0.2, 0.25) is 0 Å². The van der Waals surface area contributed by atoms with Crippen LogP contribution in [0.25, 0.3) is 0 Å². The van der Waals surface area contributed by atoms with Crippen LogP contribution in [-0.2, 0) is 28.7 Å². The highest BCUT2D eigenvalue weighted by atomic mass is 16.5. The summed E-state index contributed by atoms with van der Waals surface area (Å²) in [6, 6.07) is 0. The Kier molecular flexibility index (Phi) is 6.99. The van der Waals surface area contributed by atoms with Crippen molar-refractivity contribution in [2.45, 2.75) is 106 Å². The van der Waals surface area contributed by atoms with Crippen molar-refractivity contribution in [3.8, 4) is 0 Å². The maximum absolute atomic E-state index is 14.0. The second kappa shape index (κ2) is 9.55. The van der Waals surface area contributed by atoms with Crippen molar-refractivity contribution >= 4 is 23.5 Å². The van der Waals surface area contributed by atoms with Crippen LogP contribution in [0.15, 0.2) is 12.2 Å². The Morgan fingerprint density at radius 1 is 1.10 bits per heavy atom. The number of carbonyl (C=O) groups is 4. The van der Waals surface area contributed by atoms with E-state index in [0.717, 1.165) is 25.7 Å². The number of ketones is 2. The summed E-state index contributed by atoms with van der Waals surface area (Å²) in [7, 11) is 0. The Bertz CT molecular complexity index is 1090. The summed E-state index contributed by atoms with van der Waals surface area (Å²) in [6.45, 7) is 13.6. The summed E-state index contributed by atoms with van der Waals surface area (Å²) in [6.07, 6.45) is 11.5. The lowest BCUT2D eigenvalue weighted by atomic mass is 9.49. The molecule has 2 spiro atoms. The third kappa shape index (κ3) is 4.34. The SMILES string of the molecule is CC(=O)OCCC(C)(C)C(=O)C(OC(C)=O)C(C)C1C(C)CC2C3CCC4CC(=O)C=CC45CC35CCC21C. The molecule has 6 nitrogen and oxygen atoms in total. The minimum Gasteiger partial charge on any atom is -0.466 e. The quantitative estimate of drug-likeness (QED) is 0.346. The van der Waals surface area contributed by atoms with Crippen molar-refractivity contribution in [3.05, 3.63) is 12.2 Å². The van der Waals surface area contributed by atoms with Crippen LogP contribution in [0.4, 0.5) is 0 Å². The lowest BCUT2D eigenvalue weighted by Crippen LogP contribution is -2.51. The topological polar surface area (TPSA) is 86.7 Å². The molecule has 0 aliphatic heterocycles. The summed E-state index contributed by atoms with van der Waals surface area (Å²) >= 11 is 0. The van der Waals surface area contributed by atoms with Crippen molar-refractivity contribution in [1.29, 1.82) is 0 Å². The first kappa shape index (κ1) is 28.5. The fraction of sp³-hybridized carbons (Fsp3) is 0.818. The molecule has 4 fully saturated rings. The Morgan fingerprint density at radius 2 is 1.82 bits per heavy atom. The summed E-state index contributed by atoms with van der Waals surface area (Å²) in [5.74, 6) is 1.79. The lowest BCUT2D eigenvalue weighted by molar-refractivity contribution is -0.164. The van der Waals surface area contributed by atoms with Crippen LogP contribution in [-0.4, -0.2) is 36.2 Å². The van der Waals surface area contributed by atoms with Crippen molar-refractivity contribution in [2.24, 2.45) is 57.2 Å². The van der Waals surface area contributed by atoms with Gasteiger partial charge in [0.25, 0.3) is 0 Å². The maximum Gasteiger partial charge on any atom is 0.303 e. The highest BCUT2D eigenvalue weighted by molar-refractivity contribution is 5.91. The average Bonchev–Trinajstić information content (AvgIpc) is 3.43. The standard InChI is InChI=1S/C33H48O6/c1-19-16-26-25-9-8-23-17-24(36)10-11-32(23)18-33(25,32)13-12-31(26,7)27(19)20(2)28(39-22(4)35)29(37)30(5,6)14-15-38-21(3)34/h10-11,19-20,23,25-28H,8-9,12-18H2,1-7H3. The molecule has 0 radical (unpaired) electrons. The summed E-state index contributed by atoms with van der Waals surface area (Å²) in [5, 5.41) is 0. The minimum atomic E-state index is -0.816. The van der Waals surface area contributed by atoms with E-state index in [1.54, 1.807) is 0 Å². The van der Waals surface area contributed by atoms with Crippen molar-refractivity contribution in [3.63, 3.8) is 0 Å². The normalized spacial score (nSPS) is 41.8. The van der Waals surface area contributed by atoms with Gasteiger partial charge in [-0.25, -0.2) is 0 Å². The van der Waals surface area contributed by atoms with Gasteiger partial charge < -0.3 is 9.47 Å². The molecule has 0 aromatic heterocycles. The van der Waals surface area contributed by atoms with E-state index >= 15 is 0 Å². The molecular formula is C33H48O6. The first-order chi connectivity index (χ1) is 18.2. The molecule has 0 saturated heterocycles. The molecule has 5 aliphatic carbocycles. The van der Waals surface area contributed by atoms with Crippen LogP contribution in [0.2, 0.25) is 0 Å². The minimum absolute atomic E-state index is 0.0810. The molecule has 4 saturated carbocycles. The number of hydrogen-bond donors (Lipinski definition) is 0. The molecule has 0 amide bonds. The Labute approximate surface area is 234 Å². The molecule has 10 atom stereocenters. The molecule has 5 rings (SSSR count). The van der Waals surface area contributed by atoms with Crippen molar-refractivity contribution in [1.82, 2.24) is 0 Å². The Balaban J connectivity index is 1.39. The first-order valence-electron chi connectivity index (χ1n) is 15.3. The lowest BCUT2D eigenvalue weighted by Gasteiger charge is -2.55. The molecule has 6 heteroatoms. The molecule has 0 aromatic carbocycles. The number of fused-ring (bicyclic) bond motifs is 2. The molecule has 0 aromatic rings. The highest BCUT2D eigenvalue weighted by Gasteiger charge is 2.78. The number of allylic oxidation sites excluding steroid dienone is 2. The van der Waals surface area contributed by atoms with Gasteiger partial charge in [-0.1, -0.05) is 40.7 Å². The Hall–Kier alpha value is -1.98. The fourth-order valence-electron chi connectivity index (χ4n) is 10.7. The van der Waals surface area contributed by atoms with Crippen LogP contribution >= 0.6 is 0 Å². The predicted octanol–water partition coefficient (Wildman–Crippen LogP) is 6.11. The number of esters is 2. The predicted molar refractivity (Wildman–Crippen MR) is 147 cm³/mol. The van der Waals surface area contributed by atoms with Gasteiger partial charge in [-0.15, -0.1) is 0 Å². The average molecular weight is 541 g/mol. The zero-order valence-corrected chi connectivity index (χ0v) is 25.0. The monoisotopic (exact) mass is 540 g/mol. The molecule has 0 bridgehead atoms. The molecule has 216 valence electrons. The molecule has 10 unspecified atom stereocenters. The van der Waals surface area contributed by atoms with Gasteiger partial charge in [0.05, 0.1) is 6.61 Å². The summed E-state index contributed by atoms with van der Waals surface area (Å²) in [5.41, 5.74) is -0.120. The van der Waals surface area contributed by atoms with E-state index in [0.29, 0.717) is 41.3 Å². The maximum atomic E-state index is 14.0. The van der Waals surface area contributed by atoms with E-state index in [1.165, 1.54) is 33.1 Å². The first-order valence-corrected chi connectivity index (χ1v) is 15.3. The van der Waals surface area contributed by atoms with Crippen LogP contribution < -0.4 is 0 Å². The van der Waals surface area contributed by atoms with Gasteiger partial charge in [-0.05, 0) is 96.9 Å². The Morgan fingerprint density at radius 3 is 2.49 bits per heavy atom. The van der Waals surface area contributed by atoms with Crippen molar-refractivity contribution < 1.29 is 28.7 Å². The number of ether oxygens (including phenoxy) is 2. The summed E-state index contributed by atoms with van der Waals surface area (Å²) in [4.78, 5) is 49.7. The molecule has 5 aliphatic rings. The van der Waals surface area contributed by atoms with Crippen LogP contribution in [0.5, 0.6) is 0 Å². The number of rotatable bonds is 8. The van der Waals surface area contributed by atoms with E-state index in [1.807, 2.05) is 19.9 Å². The zero-order chi connectivity index (χ0) is 28.5. The van der Waals surface area contributed by atoms with E-state index in [-0.39, 0.29) is 41.0 Å². The van der Waals surface area contributed by atoms with E-state index in [2.05, 4.69) is 26.8 Å². The largest absolute Gasteiger partial charge is 0.466 e. The second-order valence-corrected chi connectivity index (χ2v) is 14.8. The van der Waals surface area contributed by atoms with E-state index < -0.39 is 17.5 Å². The number of hydrogen-bond acceptors (Lipinski definition) is 6. The molecule has 0 N–H and O–H groups in total. The third-order valence-electron chi connectivity index (χ3n) is 12.4. The smallest absolute Gasteiger partial charge is 0.303 e. The van der Waals surface area contributed by atoms with Gasteiger partial charge in [0, 0.05) is 31.6 Å². The van der Waals surface area contributed by atoms with Crippen LogP contribution in [0.3, 0.4) is 0 Å². The van der Waals surface area contributed by atoms with Crippen LogP contribution in [0.1, 0.15) is 99.8 Å². The highest BCUT2D eigenvalue weighted by Crippen LogP contribution is 2.84. The summed E-state index contributed by atoms with van der Waals surface area (Å²) < 4.78 is 11.0. The second-order valence-electron chi connectivity index (χ2n) is 14.8. The molecule has 39 heavy (non-hydrogen) atoms. The molecular weight excluding hydrogens is 492 g/mol. The third-order valence-corrected chi connectivity index (χ3v) is 12.4. The molecule has 0 heterocycles. The number of carbonyl (C=O) groups excluding carboxylic acids is 4. The van der Waals surface area contributed by atoms with Gasteiger partial charge in [-0.3, -0.25) is 19.2 Å². The van der Waals surface area contributed by atoms with Gasteiger partial charge in [0.1, 0.15) is 0 Å². The van der Waals surface area contributed by atoms with E-state index in [4.69, 9.17) is 9.47 Å². The zero-order valence-electron chi connectivity index (χ0n) is 25.0. The van der Waals surface area contributed by atoms with Gasteiger partial charge >= 0.3 is 11.9 Å². The van der Waals surface area contributed by atoms with Gasteiger partial charge in [-0.2, -0.15) is 0 Å². The number of Topliss-reactive ketones (excluding diaryl/α,β-unsaturated/α-hetero) is 1. The van der Waals surface area contributed by atoms with Crippen LogP contribution in [0, 0.1) is 57.2 Å². The van der Waals surface area contributed by atoms with Gasteiger partial charge in [0.15, 0.2) is 17.7 Å². The fourth-order valence-corrected chi connectivity index (χ4v) is 10.7.